The van der Waals surface area contributed by atoms with E-state index < -0.39 is 12.1 Å². The Hall–Kier alpha value is -4.45. The molecule has 1 atom stereocenters. The molecule has 0 rings (SSSR count). The first-order chi connectivity index (χ1) is 38.0. The highest BCUT2D eigenvalue weighted by Gasteiger charge is 2.19. The monoisotopic (exact) mass is 1060 g/mol. The fourth-order valence-electron chi connectivity index (χ4n) is 8.50. The molecule has 0 aromatic rings. The number of allylic oxidation sites excluding steroid dienone is 22. The topological polar surface area (TPSA) is 78.9 Å². The highest BCUT2D eigenvalue weighted by molar-refractivity contribution is 5.71. The molecule has 1 unspecified atom stereocenters. The molecule has 0 aromatic carbocycles. The molecule has 0 amide bonds. The predicted molar refractivity (Wildman–Crippen MR) is 334 cm³/mol. The minimum absolute atomic E-state index is 0.107. The zero-order valence-corrected chi connectivity index (χ0v) is 49.9. The van der Waals surface area contributed by atoms with Crippen molar-refractivity contribution >= 4 is 17.9 Å². The second-order valence-corrected chi connectivity index (χ2v) is 20.6. The zero-order chi connectivity index (χ0) is 55.7. The maximum absolute atomic E-state index is 12.8. The maximum atomic E-state index is 12.8. The van der Waals surface area contributed by atoms with Crippen molar-refractivity contribution in [3.63, 3.8) is 0 Å². The summed E-state index contributed by atoms with van der Waals surface area (Å²) in [7, 11) is 0. The summed E-state index contributed by atoms with van der Waals surface area (Å²) in [6.45, 7) is 6.35. The molecule has 0 radical (unpaired) electrons. The molecule has 0 saturated heterocycles. The molecule has 0 fully saturated rings. The van der Waals surface area contributed by atoms with Crippen LogP contribution in [0.4, 0.5) is 0 Å². The van der Waals surface area contributed by atoms with Crippen LogP contribution in [0.2, 0.25) is 0 Å². The van der Waals surface area contributed by atoms with Gasteiger partial charge in [-0.25, -0.2) is 0 Å². The molecule has 436 valence electrons. The largest absolute Gasteiger partial charge is 0.462 e. The molecule has 0 spiro atoms. The molecule has 0 aromatic heterocycles. The minimum atomic E-state index is -0.819. The van der Waals surface area contributed by atoms with Gasteiger partial charge in [-0.1, -0.05) is 289 Å². The van der Waals surface area contributed by atoms with Gasteiger partial charge in [0.05, 0.1) is 0 Å². The van der Waals surface area contributed by atoms with Gasteiger partial charge in [0.15, 0.2) is 6.10 Å². The van der Waals surface area contributed by atoms with Gasteiger partial charge < -0.3 is 14.2 Å². The number of ether oxygens (including phenoxy) is 3. The lowest BCUT2D eigenvalue weighted by molar-refractivity contribution is -0.166. The van der Waals surface area contributed by atoms with Gasteiger partial charge in [0.25, 0.3) is 0 Å². The van der Waals surface area contributed by atoms with Crippen molar-refractivity contribution in [2.24, 2.45) is 0 Å². The van der Waals surface area contributed by atoms with E-state index in [9.17, 15) is 14.4 Å². The first-order valence-corrected chi connectivity index (χ1v) is 31.7. The van der Waals surface area contributed by atoms with Gasteiger partial charge in [0, 0.05) is 19.3 Å². The summed E-state index contributed by atoms with van der Waals surface area (Å²) < 4.78 is 16.8. The Morgan fingerprint density at radius 1 is 0.273 bits per heavy atom. The second-order valence-electron chi connectivity index (χ2n) is 20.6. The standard InChI is InChI=1S/C71H116O6/c1-4-7-10-13-16-19-22-25-26-27-28-29-30-31-32-33-34-35-36-37-38-39-40-41-42-43-44-47-49-52-55-58-61-64-70(73)76-67-68(77-71(74)65-62-59-56-53-50-46-24-21-18-15-12-9-6-3)66-75-69(72)63-60-57-54-51-48-45-23-20-17-14-11-8-5-2/h7,9-10,12,16,18-19,21,25-26,28-29,31-32,34-35,37-38,46,50,56,59,68H,4-6,8,11,13-15,17,20,22-24,27,30,33,36,39-45,47-49,51-55,57-58,60-67H2,1-3H3/b10-7-,12-9-,19-16-,21-18-,26-25-,29-28-,32-31-,35-34-,38-37-,50-46-,59-56-. The summed E-state index contributed by atoms with van der Waals surface area (Å²) in [5.74, 6) is -0.991. The van der Waals surface area contributed by atoms with E-state index >= 15 is 0 Å². The zero-order valence-electron chi connectivity index (χ0n) is 49.9. The van der Waals surface area contributed by atoms with E-state index in [1.165, 1.54) is 122 Å². The average Bonchev–Trinajstić information content (AvgIpc) is 3.43. The van der Waals surface area contributed by atoms with Crippen molar-refractivity contribution in [2.45, 2.75) is 284 Å². The van der Waals surface area contributed by atoms with Gasteiger partial charge in [-0.2, -0.15) is 0 Å². The first kappa shape index (κ1) is 72.5. The third-order valence-corrected chi connectivity index (χ3v) is 13.2. The Morgan fingerprint density at radius 2 is 0.532 bits per heavy atom. The summed E-state index contributed by atoms with van der Waals surface area (Å²) in [5, 5.41) is 0. The van der Waals surface area contributed by atoms with E-state index in [1.807, 2.05) is 12.2 Å². The van der Waals surface area contributed by atoms with Gasteiger partial charge in [-0.15, -0.1) is 0 Å². The molecule has 0 aliphatic rings. The van der Waals surface area contributed by atoms with Gasteiger partial charge >= 0.3 is 17.9 Å². The van der Waals surface area contributed by atoms with Crippen molar-refractivity contribution in [1.82, 2.24) is 0 Å². The molecular formula is C71H116O6. The Kier molecular flexibility index (Phi) is 60.4. The van der Waals surface area contributed by atoms with Gasteiger partial charge in [-0.05, 0) is 103 Å². The smallest absolute Gasteiger partial charge is 0.306 e. The van der Waals surface area contributed by atoms with E-state index in [1.54, 1.807) is 0 Å². The van der Waals surface area contributed by atoms with E-state index in [2.05, 4.69) is 142 Å². The normalized spacial score (nSPS) is 13.0. The lowest BCUT2D eigenvalue weighted by atomic mass is 10.0. The number of carbonyl (C=O) groups excluding carboxylic acids is 3. The third kappa shape index (κ3) is 62.3. The van der Waals surface area contributed by atoms with Gasteiger partial charge in [0.1, 0.15) is 13.2 Å². The van der Waals surface area contributed by atoms with Crippen LogP contribution >= 0.6 is 0 Å². The minimum Gasteiger partial charge on any atom is -0.462 e. The van der Waals surface area contributed by atoms with Crippen molar-refractivity contribution in [1.29, 1.82) is 0 Å². The lowest BCUT2D eigenvalue weighted by Gasteiger charge is -2.18. The SMILES string of the molecule is CC/C=C\C/C=C\C/C=C\C/C=C\C/C=C\C/C=C\C/C=C\CCCCCCCCCCCCCC(=O)OCC(COC(=O)CCCCCCCCCCCCCCC)OC(=O)CC/C=C\C/C=C\C/C=C\C/C=C\CC. The highest BCUT2D eigenvalue weighted by Crippen LogP contribution is 2.16. The molecule has 0 N–H and O–H groups in total. The molecule has 0 bridgehead atoms. The Morgan fingerprint density at radius 3 is 0.844 bits per heavy atom. The quantitative estimate of drug-likeness (QED) is 0.0261. The van der Waals surface area contributed by atoms with Crippen LogP contribution < -0.4 is 0 Å². The van der Waals surface area contributed by atoms with Crippen LogP contribution in [-0.4, -0.2) is 37.2 Å². The maximum Gasteiger partial charge on any atom is 0.306 e. The molecule has 6 nitrogen and oxygen atoms in total. The number of hydrogen-bond donors (Lipinski definition) is 0. The number of hydrogen-bond acceptors (Lipinski definition) is 6. The summed E-state index contributed by atoms with van der Waals surface area (Å²) in [6, 6.07) is 0. The molecular weight excluding hydrogens is 949 g/mol. The summed E-state index contributed by atoms with van der Waals surface area (Å²) in [5.41, 5.74) is 0. The van der Waals surface area contributed by atoms with E-state index in [0.717, 1.165) is 109 Å². The van der Waals surface area contributed by atoms with Crippen molar-refractivity contribution in [2.75, 3.05) is 13.2 Å². The molecule has 0 heterocycles. The summed E-state index contributed by atoms with van der Waals surface area (Å²) in [4.78, 5) is 38.1. The average molecular weight is 1070 g/mol. The molecule has 6 heteroatoms. The van der Waals surface area contributed by atoms with Gasteiger partial charge in [0.2, 0.25) is 0 Å². The fourth-order valence-corrected chi connectivity index (χ4v) is 8.50. The lowest BCUT2D eigenvalue weighted by Crippen LogP contribution is -2.30. The summed E-state index contributed by atoms with van der Waals surface area (Å²) >= 11 is 0. The van der Waals surface area contributed by atoms with Crippen LogP contribution in [0.5, 0.6) is 0 Å². The van der Waals surface area contributed by atoms with Crippen molar-refractivity contribution in [3.8, 4) is 0 Å². The first-order valence-electron chi connectivity index (χ1n) is 31.7. The Balaban J connectivity index is 4.24. The number of carbonyl (C=O) groups is 3. The van der Waals surface area contributed by atoms with Crippen LogP contribution in [0.25, 0.3) is 0 Å². The predicted octanol–water partition coefficient (Wildman–Crippen LogP) is 21.8. The van der Waals surface area contributed by atoms with Crippen LogP contribution in [0.1, 0.15) is 278 Å². The van der Waals surface area contributed by atoms with Crippen LogP contribution in [-0.2, 0) is 28.6 Å². The number of rotatable bonds is 56. The van der Waals surface area contributed by atoms with E-state index in [0.29, 0.717) is 19.3 Å². The molecule has 0 aliphatic heterocycles. The summed E-state index contributed by atoms with van der Waals surface area (Å²) in [6.07, 6.45) is 90.5. The van der Waals surface area contributed by atoms with Crippen molar-refractivity contribution < 1.29 is 28.6 Å². The van der Waals surface area contributed by atoms with Gasteiger partial charge in [-0.3, -0.25) is 14.4 Å². The number of esters is 3. The Labute approximate surface area is 475 Å². The van der Waals surface area contributed by atoms with E-state index in [4.69, 9.17) is 14.2 Å². The van der Waals surface area contributed by atoms with Crippen LogP contribution in [0.3, 0.4) is 0 Å². The Bertz CT molecular complexity index is 1650. The van der Waals surface area contributed by atoms with E-state index in [-0.39, 0.29) is 31.6 Å². The van der Waals surface area contributed by atoms with Crippen LogP contribution in [0.15, 0.2) is 134 Å². The van der Waals surface area contributed by atoms with Crippen LogP contribution in [0, 0.1) is 0 Å². The molecule has 0 aliphatic carbocycles. The van der Waals surface area contributed by atoms with Crippen molar-refractivity contribution in [3.05, 3.63) is 134 Å². The highest BCUT2D eigenvalue weighted by atomic mass is 16.6. The number of unbranched alkanes of at least 4 members (excludes halogenated alkanes) is 23. The fraction of sp³-hybridized carbons (Fsp3) is 0.648. The molecule has 0 saturated carbocycles. The third-order valence-electron chi connectivity index (χ3n) is 13.2. The second kappa shape index (κ2) is 64.1. The molecule has 77 heavy (non-hydrogen) atoms.